The van der Waals surface area contributed by atoms with Crippen LogP contribution in [0.25, 0.3) is 11.9 Å². The smallest absolute Gasteiger partial charge is 0.252 e. The number of hydrogen-bond acceptors (Lipinski definition) is 9. The van der Waals surface area contributed by atoms with Gasteiger partial charge in [0.1, 0.15) is 17.4 Å². The highest BCUT2D eigenvalue weighted by molar-refractivity contribution is 5.63. The first-order valence-electron chi connectivity index (χ1n) is 12.6. The lowest BCUT2D eigenvalue weighted by Crippen LogP contribution is -2.13. The van der Waals surface area contributed by atoms with Crippen molar-refractivity contribution in [2.24, 2.45) is 0 Å². The second-order valence-electron chi connectivity index (χ2n) is 9.70. The van der Waals surface area contributed by atoms with E-state index in [4.69, 9.17) is 26.4 Å². The Labute approximate surface area is 226 Å². The molecular formula is C28H32N10O. The quantitative estimate of drug-likeness (QED) is 0.338. The largest absolute Gasteiger partial charge is 0.497 e. The lowest BCUT2D eigenvalue weighted by molar-refractivity contribution is 0.414. The highest BCUT2D eigenvalue weighted by atomic mass is 16.5. The van der Waals surface area contributed by atoms with Gasteiger partial charge >= 0.3 is 0 Å². The summed E-state index contributed by atoms with van der Waals surface area (Å²) in [5.74, 6) is 2.02. The minimum atomic E-state index is -0.393. The highest BCUT2D eigenvalue weighted by Gasteiger charge is 2.32. The third-order valence-corrected chi connectivity index (χ3v) is 6.63. The molecule has 11 heteroatoms. The van der Waals surface area contributed by atoms with Crippen LogP contribution in [0.3, 0.4) is 0 Å². The van der Waals surface area contributed by atoms with Crippen molar-refractivity contribution in [3.05, 3.63) is 87.3 Å². The first kappa shape index (κ1) is 25.8. The number of nitrogen functional groups attached to an aromatic ring is 2. The third-order valence-electron chi connectivity index (χ3n) is 6.63. The monoisotopic (exact) mass is 524 g/mol. The Morgan fingerprint density at radius 3 is 1.38 bits per heavy atom. The summed E-state index contributed by atoms with van der Waals surface area (Å²) < 4.78 is 8.58. The average molecular weight is 525 g/mol. The van der Waals surface area contributed by atoms with Gasteiger partial charge in [-0.25, -0.2) is 19.9 Å². The molecule has 0 fully saturated rings. The summed E-state index contributed by atoms with van der Waals surface area (Å²) in [6.45, 7) is 11.5. The van der Waals surface area contributed by atoms with Crippen LogP contribution in [0.4, 0.5) is 11.6 Å². The molecule has 0 aliphatic heterocycles. The molecule has 11 nitrogen and oxygen atoms in total. The number of aryl methyl sites for hydroxylation is 6. The summed E-state index contributed by atoms with van der Waals surface area (Å²) >= 11 is 0. The Balaban J connectivity index is 1.75. The summed E-state index contributed by atoms with van der Waals surface area (Å²) in [6, 6.07) is 11.6. The van der Waals surface area contributed by atoms with E-state index in [1.165, 1.54) is 0 Å². The lowest BCUT2D eigenvalue weighted by atomic mass is 9.84. The van der Waals surface area contributed by atoms with Crippen LogP contribution in [0.1, 0.15) is 56.8 Å². The standard InChI is InChI=1S/C28H32N10O/c1-14-12-15(2)32-27(31-14)37-25(29)22(18(5)35-37)24(20-8-10-21(39-7)11-9-20)23-19(6)36-38(26(23)30)28-33-16(3)13-17(4)34-28/h8-13,24H,29-30H2,1-7H3. The second-order valence-corrected chi connectivity index (χ2v) is 9.70. The van der Waals surface area contributed by atoms with Crippen LogP contribution in [-0.2, 0) is 0 Å². The predicted octanol–water partition coefficient (Wildman–Crippen LogP) is 3.84. The number of aromatic nitrogens is 8. The van der Waals surface area contributed by atoms with E-state index in [1.807, 2.05) is 77.9 Å². The zero-order valence-corrected chi connectivity index (χ0v) is 23.2. The van der Waals surface area contributed by atoms with Gasteiger partial charge in [0.05, 0.1) is 18.5 Å². The summed E-state index contributed by atoms with van der Waals surface area (Å²) in [6.07, 6.45) is 0. The molecule has 0 spiro atoms. The van der Waals surface area contributed by atoms with Crippen molar-refractivity contribution in [3.63, 3.8) is 0 Å². The minimum Gasteiger partial charge on any atom is -0.497 e. The fraction of sp³-hybridized carbons (Fsp3) is 0.286. The maximum Gasteiger partial charge on any atom is 0.252 e. The van der Waals surface area contributed by atoms with Crippen molar-refractivity contribution in [1.29, 1.82) is 0 Å². The van der Waals surface area contributed by atoms with Gasteiger partial charge in [-0.2, -0.15) is 19.6 Å². The average Bonchev–Trinajstić information content (AvgIpc) is 3.34. The number of nitrogens with zero attached hydrogens (tertiary/aromatic N) is 8. The van der Waals surface area contributed by atoms with E-state index in [0.29, 0.717) is 23.5 Å². The van der Waals surface area contributed by atoms with Crippen molar-refractivity contribution in [2.75, 3.05) is 18.6 Å². The first-order valence-corrected chi connectivity index (χ1v) is 12.6. The van der Waals surface area contributed by atoms with E-state index in [0.717, 1.165) is 56.6 Å². The van der Waals surface area contributed by atoms with Crippen LogP contribution >= 0.6 is 0 Å². The van der Waals surface area contributed by atoms with Crippen LogP contribution in [-0.4, -0.2) is 46.6 Å². The van der Waals surface area contributed by atoms with Gasteiger partial charge < -0.3 is 16.2 Å². The maximum absolute atomic E-state index is 6.83. The van der Waals surface area contributed by atoms with Crippen LogP contribution in [0.15, 0.2) is 36.4 Å². The predicted molar refractivity (Wildman–Crippen MR) is 149 cm³/mol. The van der Waals surface area contributed by atoms with Crippen LogP contribution < -0.4 is 16.2 Å². The van der Waals surface area contributed by atoms with E-state index in [1.54, 1.807) is 16.5 Å². The number of benzene rings is 1. The number of hydrogen-bond donors (Lipinski definition) is 2. The van der Waals surface area contributed by atoms with Crippen LogP contribution in [0.5, 0.6) is 5.75 Å². The third kappa shape index (κ3) is 4.67. The molecule has 0 atom stereocenters. The SMILES string of the molecule is COc1ccc(C(c2c(C)nn(-c3nc(C)cc(C)n3)c2N)c2c(C)nn(-c3nc(C)cc(C)n3)c2N)cc1. The Hall–Kier alpha value is -4.80. The van der Waals surface area contributed by atoms with Gasteiger partial charge in [-0.3, -0.25) is 0 Å². The number of nitrogens with two attached hydrogens (primary N) is 2. The molecule has 0 aliphatic carbocycles. The van der Waals surface area contributed by atoms with Crippen molar-refractivity contribution in [2.45, 2.75) is 47.5 Å². The van der Waals surface area contributed by atoms with Crippen molar-refractivity contribution in [1.82, 2.24) is 39.5 Å². The molecule has 4 N–H and O–H groups in total. The van der Waals surface area contributed by atoms with Gasteiger partial charge in [0.15, 0.2) is 0 Å². The number of methoxy groups -OCH3 is 1. The van der Waals surface area contributed by atoms with E-state index in [-0.39, 0.29) is 0 Å². The van der Waals surface area contributed by atoms with Crippen molar-refractivity contribution in [3.8, 4) is 17.6 Å². The Bertz CT molecular complexity index is 1540. The Kier molecular flexibility index (Phi) is 6.51. The van der Waals surface area contributed by atoms with Gasteiger partial charge in [-0.05, 0) is 71.4 Å². The molecule has 5 aromatic rings. The molecule has 0 radical (unpaired) electrons. The van der Waals surface area contributed by atoms with Gasteiger partial charge in [-0.1, -0.05) is 12.1 Å². The molecular weight excluding hydrogens is 492 g/mol. The molecule has 5 rings (SSSR count). The molecule has 0 unspecified atom stereocenters. The van der Waals surface area contributed by atoms with Crippen molar-refractivity contribution >= 4 is 11.6 Å². The summed E-state index contributed by atoms with van der Waals surface area (Å²) in [5, 5.41) is 9.53. The molecule has 0 bridgehead atoms. The van der Waals surface area contributed by atoms with Gasteiger partial charge in [0, 0.05) is 39.8 Å². The van der Waals surface area contributed by atoms with Crippen LogP contribution in [0.2, 0.25) is 0 Å². The summed E-state index contributed by atoms with van der Waals surface area (Å²) in [4.78, 5) is 18.3. The molecule has 0 saturated carbocycles. The zero-order chi connectivity index (χ0) is 28.0. The fourth-order valence-electron chi connectivity index (χ4n) is 5.01. The molecule has 4 aromatic heterocycles. The normalized spacial score (nSPS) is 11.4. The molecule has 1 aromatic carbocycles. The molecule has 0 aliphatic rings. The van der Waals surface area contributed by atoms with Crippen molar-refractivity contribution < 1.29 is 4.74 Å². The lowest BCUT2D eigenvalue weighted by Gasteiger charge is -2.20. The molecule has 200 valence electrons. The van der Waals surface area contributed by atoms with E-state index < -0.39 is 5.92 Å². The minimum absolute atomic E-state index is 0.393. The number of ether oxygens (including phenoxy) is 1. The zero-order valence-electron chi connectivity index (χ0n) is 23.2. The summed E-state index contributed by atoms with van der Waals surface area (Å²) in [5.41, 5.74) is 20.9. The van der Waals surface area contributed by atoms with E-state index in [9.17, 15) is 0 Å². The van der Waals surface area contributed by atoms with Gasteiger partial charge in [0.2, 0.25) is 0 Å². The Morgan fingerprint density at radius 1 is 0.641 bits per heavy atom. The fourth-order valence-corrected chi connectivity index (χ4v) is 5.01. The second kappa shape index (κ2) is 9.82. The molecule has 4 heterocycles. The topological polar surface area (TPSA) is 148 Å². The molecule has 0 saturated heterocycles. The van der Waals surface area contributed by atoms with E-state index >= 15 is 0 Å². The number of rotatable bonds is 6. The van der Waals surface area contributed by atoms with E-state index in [2.05, 4.69) is 19.9 Å². The first-order chi connectivity index (χ1) is 18.6. The summed E-state index contributed by atoms with van der Waals surface area (Å²) in [7, 11) is 1.64. The molecule has 0 amide bonds. The maximum atomic E-state index is 6.83. The van der Waals surface area contributed by atoms with Gasteiger partial charge in [0.25, 0.3) is 11.9 Å². The van der Waals surface area contributed by atoms with Gasteiger partial charge in [-0.15, -0.1) is 0 Å². The Morgan fingerprint density at radius 2 is 1.03 bits per heavy atom. The van der Waals surface area contributed by atoms with Crippen LogP contribution in [0, 0.1) is 41.5 Å². The highest BCUT2D eigenvalue weighted by Crippen LogP contribution is 2.42. The molecule has 39 heavy (non-hydrogen) atoms. The number of anilines is 2.